The zero-order valence-corrected chi connectivity index (χ0v) is 10.9. The topological polar surface area (TPSA) is 42.0 Å². The van der Waals surface area contributed by atoms with Gasteiger partial charge in [-0.25, -0.2) is 4.98 Å². The van der Waals surface area contributed by atoms with E-state index in [0.717, 1.165) is 11.3 Å². The highest BCUT2D eigenvalue weighted by Crippen LogP contribution is 2.17. The molecule has 2 aromatic rings. The summed E-state index contributed by atoms with van der Waals surface area (Å²) in [4.78, 5) is 15.8. The summed E-state index contributed by atoms with van der Waals surface area (Å²) in [5.41, 5.74) is 1.90. The molecular weight excluding hydrogens is 288 g/mol. The van der Waals surface area contributed by atoms with Crippen molar-refractivity contribution in [3.8, 4) is 0 Å². The minimum Gasteiger partial charge on any atom is -0.320 e. The lowest BCUT2D eigenvalue weighted by atomic mass is 10.2. The molecule has 1 amide bonds. The quantitative estimate of drug-likeness (QED) is 0.922. The average molecular weight is 297 g/mol. The van der Waals surface area contributed by atoms with Crippen LogP contribution in [0.1, 0.15) is 15.4 Å². The van der Waals surface area contributed by atoms with E-state index in [2.05, 4.69) is 26.2 Å². The van der Waals surface area contributed by atoms with Crippen LogP contribution in [0.3, 0.4) is 0 Å². The van der Waals surface area contributed by atoms with Crippen molar-refractivity contribution in [2.45, 2.75) is 6.92 Å². The fraction of sp³-hybridized carbons (Fsp3) is 0.0909. The summed E-state index contributed by atoms with van der Waals surface area (Å²) in [6.07, 6.45) is 0. The third-order valence-electron chi connectivity index (χ3n) is 1.95. The van der Waals surface area contributed by atoms with Crippen LogP contribution >= 0.6 is 27.3 Å². The smallest absolute Gasteiger partial charge is 0.284 e. The third kappa shape index (κ3) is 2.68. The standard InChI is InChI=1S/C11H9BrN2OS/c1-7-3-2-4-8(5-7)13-10(15)11-14-9(12)6-16-11/h2-6H,1H3,(H,13,15). The number of amides is 1. The number of nitrogens with zero attached hydrogens (tertiary/aromatic N) is 1. The van der Waals surface area contributed by atoms with Crippen molar-refractivity contribution < 1.29 is 4.79 Å². The summed E-state index contributed by atoms with van der Waals surface area (Å²) >= 11 is 4.53. The predicted molar refractivity (Wildman–Crippen MR) is 68.9 cm³/mol. The minimum atomic E-state index is -0.179. The number of carbonyl (C=O) groups excluding carboxylic acids is 1. The summed E-state index contributed by atoms with van der Waals surface area (Å²) in [6, 6.07) is 7.66. The van der Waals surface area contributed by atoms with E-state index in [1.54, 1.807) is 5.38 Å². The van der Waals surface area contributed by atoms with Crippen molar-refractivity contribution in [2.24, 2.45) is 0 Å². The van der Waals surface area contributed by atoms with Crippen LogP contribution in [0, 0.1) is 6.92 Å². The summed E-state index contributed by atoms with van der Waals surface area (Å²) in [6.45, 7) is 1.98. The van der Waals surface area contributed by atoms with Crippen molar-refractivity contribution in [3.63, 3.8) is 0 Å². The van der Waals surface area contributed by atoms with Gasteiger partial charge in [-0.2, -0.15) is 0 Å². The maximum atomic E-state index is 11.8. The number of carbonyl (C=O) groups is 1. The maximum Gasteiger partial charge on any atom is 0.284 e. The number of aromatic nitrogens is 1. The second kappa shape index (κ2) is 4.76. The summed E-state index contributed by atoms with van der Waals surface area (Å²) in [5, 5.41) is 5.04. The van der Waals surface area contributed by atoms with Crippen LogP contribution in [-0.2, 0) is 0 Å². The zero-order valence-electron chi connectivity index (χ0n) is 8.53. The minimum absolute atomic E-state index is 0.179. The van der Waals surface area contributed by atoms with Crippen LogP contribution in [0.5, 0.6) is 0 Å². The van der Waals surface area contributed by atoms with Gasteiger partial charge in [0.1, 0.15) is 4.60 Å². The molecule has 0 atom stereocenters. The largest absolute Gasteiger partial charge is 0.320 e. The van der Waals surface area contributed by atoms with Crippen molar-refractivity contribution >= 4 is 38.9 Å². The van der Waals surface area contributed by atoms with Gasteiger partial charge in [0.25, 0.3) is 5.91 Å². The van der Waals surface area contributed by atoms with Crippen molar-refractivity contribution in [3.05, 3.63) is 44.8 Å². The lowest BCUT2D eigenvalue weighted by Gasteiger charge is -2.03. The van der Waals surface area contributed by atoms with E-state index in [0.29, 0.717) is 9.61 Å². The molecule has 0 aliphatic carbocycles. The number of rotatable bonds is 2. The highest BCUT2D eigenvalue weighted by Gasteiger charge is 2.10. The fourth-order valence-electron chi connectivity index (χ4n) is 1.27. The van der Waals surface area contributed by atoms with Gasteiger partial charge in [0.2, 0.25) is 0 Å². The normalized spacial score (nSPS) is 10.1. The van der Waals surface area contributed by atoms with Gasteiger partial charge in [-0.1, -0.05) is 12.1 Å². The van der Waals surface area contributed by atoms with E-state index in [1.165, 1.54) is 11.3 Å². The Bertz CT molecular complexity index is 524. The van der Waals surface area contributed by atoms with Gasteiger partial charge < -0.3 is 5.32 Å². The Morgan fingerprint density at radius 1 is 1.50 bits per heavy atom. The number of anilines is 1. The van der Waals surface area contributed by atoms with Crippen molar-refractivity contribution in [2.75, 3.05) is 5.32 Å². The van der Waals surface area contributed by atoms with E-state index >= 15 is 0 Å². The summed E-state index contributed by atoms with van der Waals surface area (Å²) in [5.74, 6) is -0.179. The summed E-state index contributed by atoms with van der Waals surface area (Å²) in [7, 11) is 0. The Balaban J connectivity index is 2.13. The van der Waals surface area contributed by atoms with Crippen molar-refractivity contribution in [1.82, 2.24) is 4.98 Å². The molecule has 0 bridgehead atoms. The van der Waals surface area contributed by atoms with Gasteiger partial charge in [-0.3, -0.25) is 4.79 Å². The van der Waals surface area contributed by atoms with Crippen LogP contribution < -0.4 is 5.32 Å². The van der Waals surface area contributed by atoms with Gasteiger partial charge in [-0.15, -0.1) is 11.3 Å². The van der Waals surface area contributed by atoms with E-state index in [4.69, 9.17) is 0 Å². The number of hydrogen-bond acceptors (Lipinski definition) is 3. The predicted octanol–water partition coefficient (Wildman–Crippen LogP) is 3.47. The molecule has 0 unspecified atom stereocenters. The molecule has 1 aromatic carbocycles. The second-order valence-electron chi connectivity index (χ2n) is 3.30. The van der Waals surface area contributed by atoms with E-state index < -0.39 is 0 Å². The fourth-order valence-corrected chi connectivity index (χ4v) is 2.41. The molecule has 0 aliphatic rings. The first-order valence-corrected chi connectivity index (χ1v) is 6.31. The van der Waals surface area contributed by atoms with Crippen LogP contribution in [0.15, 0.2) is 34.2 Å². The Morgan fingerprint density at radius 2 is 2.31 bits per heavy atom. The van der Waals surface area contributed by atoms with Gasteiger partial charge in [-0.05, 0) is 40.5 Å². The molecule has 0 radical (unpaired) electrons. The molecule has 1 aromatic heterocycles. The van der Waals surface area contributed by atoms with Crippen LogP contribution in [0.25, 0.3) is 0 Å². The van der Waals surface area contributed by atoms with Gasteiger partial charge in [0.15, 0.2) is 5.01 Å². The average Bonchev–Trinajstić information content (AvgIpc) is 2.65. The molecule has 0 fully saturated rings. The monoisotopic (exact) mass is 296 g/mol. The Kier molecular flexibility index (Phi) is 3.36. The maximum absolute atomic E-state index is 11.8. The molecule has 2 rings (SSSR count). The first-order chi connectivity index (χ1) is 7.65. The molecule has 5 heteroatoms. The molecule has 1 heterocycles. The molecule has 1 N–H and O–H groups in total. The van der Waals surface area contributed by atoms with E-state index in [9.17, 15) is 4.79 Å². The van der Waals surface area contributed by atoms with Gasteiger partial charge >= 0.3 is 0 Å². The van der Waals surface area contributed by atoms with Gasteiger partial charge in [0, 0.05) is 11.1 Å². The zero-order chi connectivity index (χ0) is 11.5. The Hall–Kier alpha value is -1.20. The molecule has 0 saturated heterocycles. The molecule has 16 heavy (non-hydrogen) atoms. The lowest BCUT2D eigenvalue weighted by Crippen LogP contribution is -2.11. The van der Waals surface area contributed by atoms with Crippen molar-refractivity contribution in [1.29, 1.82) is 0 Å². The number of thiazole rings is 1. The van der Waals surface area contributed by atoms with E-state index in [-0.39, 0.29) is 5.91 Å². The second-order valence-corrected chi connectivity index (χ2v) is 4.97. The SMILES string of the molecule is Cc1cccc(NC(=O)c2nc(Br)cs2)c1. The Labute approximate surface area is 106 Å². The number of halogens is 1. The molecule has 3 nitrogen and oxygen atoms in total. The summed E-state index contributed by atoms with van der Waals surface area (Å²) < 4.78 is 0.687. The first kappa shape index (κ1) is 11.3. The van der Waals surface area contributed by atoms with E-state index in [1.807, 2.05) is 31.2 Å². The highest BCUT2D eigenvalue weighted by molar-refractivity contribution is 9.10. The molecule has 0 spiro atoms. The number of aryl methyl sites for hydroxylation is 1. The molecule has 82 valence electrons. The van der Waals surface area contributed by atoms with Crippen LogP contribution in [0.2, 0.25) is 0 Å². The number of benzene rings is 1. The molecular formula is C11H9BrN2OS. The third-order valence-corrected chi connectivity index (χ3v) is 3.50. The van der Waals surface area contributed by atoms with Crippen LogP contribution in [0.4, 0.5) is 5.69 Å². The molecule has 0 aliphatic heterocycles. The number of hydrogen-bond donors (Lipinski definition) is 1. The Morgan fingerprint density at radius 3 is 2.94 bits per heavy atom. The van der Waals surface area contributed by atoms with Crippen LogP contribution in [-0.4, -0.2) is 10.9 Å². The molecule has 0 saturated carbocycles. The first-order valence-electron chi connectivity index (χ1n) is 4.64. The number of nitrogens with one attached hydrogen (secondary N) is 1. The van der Waals surface area contributed by atoms with Gasteiger partial charge in [0.05, 0.1) is 0 Å². The lowest BCUT2D eigenvalue weighted by molar-refractivity contribution is 0.102. The highest BCUT2D eigenvalue weighted by atomic mass is 79.9.